The molecular weight excluding hydrogens is 265 g/mol. The van der Waals surface area contributed by atoms with Gasteiger partial charge in [-0.3, -0.25) is 4.90 Å². The molecule has 2 atom stereocenters. The van der Waals surface area contributed by atoms with Crippen molar-refractivity contribution in [2.75, 3.05) is 13.1 Å². The molecular formula is C10H17Cl2N3S. The summed E-state index contributed by atoms with van der Waals surface area (Å²) in [5.41, 5.74) is 0. The zero-order valence-electron chi connectivity index (χ0n) is 9.44. The highest BCUT2D eigenvalue weighted by Gasteiger charge is 2.24. The van der Waals surface area contributed by atoms with Gasteiger partial charge in [0, 0.05) is 25.2 Å². The maximum atomic E-state index is 5.87. The Morgan fingerprint density at radius 1 is 1.62 bits per heavy atom. The Balaban J connectivity index is 0.00000128. The van der Waals surface area contributed by atoms with Crippen LogP contribution in [0.3, 0.4) is 0 Å². The quantitative estimate of drug-likeness (QED) is 0.903. The summed E-state index contributed by atoms with van der Waals surface area (Å²) in [4.78, 5) is 6.75. The van der Waals surface area contributed by atoms with Gasteiger partial charge in [-0.25, -0.2) is 4.98 Å². The van der Waals surface area contributed by atoms with E-state index in [0.29, 0.717) is 12.1 Å². The van der Waals surface area contributed by atoms with Crippen molar-refractivity contribution in [1.82, 2.24) is 15.2 Å². The Labute approximate surface area is 112 Å². The predicted molar refractivity (Wildman–Crippen MR) is 71.7 cm³/mol. The molecule has 0 spiro atoms. The van der Waals surface area contributed by atoms with Crippen LogP contribution >= 0.6 is 35.3 Å². The van der Waals surface area contributed by atoms with E-state index in [1.54, 1.807) is 17.5 Å². The number of nitrogens with zero attached hydrogens (tertiary/aromatic N) is 2. The van der Waals surface area contributed by atoms with Crippen LogP contribution in [0.2, 0.25) is 4.34 Å². The maximum Gasteiger partial charge on any atom is 0.113 e. The van der Waals surface area contributed by atoms with E-state index in [1.165, 1.54) is 0 Å². The molecule has 0 radical (unpaired) electrons. The first-order valence-corrected chi connectivity index (χ1v) is 6.44. The van der Waals surface area contributed by atoms with Gasteiger partial charge in [-0.2, -0.15) is 0 Å². The molecule has 16 heavy (non-hydrogen) atoms. The van der Waals surface area contributed by atoms with Gasteiger partial charge < -0.3 is 5.32 Å². The summed E-state index contributed by atoms with van der Waals surface area (Å²) in [5, 5.41) is 4.58. The first-order chi connectivity index (χ1) is 7.16. The van der Waals surface area contributed by atoms with Crippen molar-refractivity contribution in [3.63, 3.8) is 0 Å². The van der Waals surface area contributed by atoms with Crippen LogP contribution in [0.4, 0.5) is 0 Å². The van der Waals surface area contributed by atoms with Crippen molar-refractivity contribution in [3.05, 3.63) is 15.5 Å². The van der Waals surface area contributed by atoms with Crippen LogP contribution in [0.25, 0.3) is 0 Å². The molecule has 2 heterocycles. The van der Waals surface area contributed by atoms with Crippen molar-refractivity contribution in [2.24, 2.45) is 0 Å². The maximum absolute atomic E-state index is 5.87. The number of piperazine rings is 1. The molecule has 1 aliphatic rings. The van der Waals surface area contributed by atoms with E-state index in [0.717, 1.165) is 29.0 Å². The fourth-order valence-corrected chi connectivity index (χ4v) is 2.87. The van der Waals surface area contributed by atoms with Gasteiger partial charge in [-0.1, -0.05) is 11.6 Å². The first-order valence-electron chi connectivity index (χ1n) is 5.24. The van der Waals surface area contributed by atoms with E-state index in [4.69, 9.17) is 11.6 Å². The summed E-state index contributed by atoms with van der Waals surface area (Å²) in [5.74, 6) is 0. The average Bonchev–Trinajstić information content (AvgIpc) is 2.59. The molecule has 0 aromatic carbocycles. The van der Waals surface area contributed by atoms with E-state index >= 15 is 0 Å². The second kappa shape index (κ2) is 6.17. The van der Waals surface area contributed by atoms with Gasteiger partial charge in [0.25, 0.3) is 0 Å². The lowest BCUT2D eigenvalue weighted by atomic mass is 10.1. The Kier molecular flexibility index (Phi) is 5.47. The summed E-state index contributed by atoms with van der Waals surface area (Å²) in [6.45, 7) is 7.55. The minimum atomic E-state index is 0. The summed E-state index contributed by atoms with van der Waals surface area (Å²) < 4.78 is 0.779. The van der Waals surface area contributed by atoms with Crippen molar-refractivity contribution < 1.29 is 0 Å². The summed E-state index contributed by atoms with van der Waals surface area (Å²) >= 11 is 7.45. The lowest BCUT2D eigenvalue weighted by Gasteiger charge is -2.38. The molecule has 1 aromatic heterocycles. The smallest absolute Gasteiger partial charge is 0.113 e. The molecule has 2 rings (SSSR count). The van der Waals surface area contributed by atoms with Gasteiger partial charge in [0.05, 0.1) is 12.7 Å². The fourth-order valence-electron chi connectivity index (χ4n) is 1.88. The number of rotatable bonds is 2. The van der Waals surface area contributed by atoms with Crippen LogP contribution in [-0.2, 0) is 6.54 Å². The SMILES string of the molecule is CC1NCCN(Cc2ncc(Cl)s2)C1C.Cl. The van der Waals surface area contributed by atoms with Crippen LogP contribution in [-0.4, -0.2) is 35.1 Å². The van der Waals surface area contributed by atoms with Gasteiger partial charge in [-0.05, 0) is 13.8 Å². The van der Waals surface area contributed by atoms with Crippen LogP contribution in [0.15, 0.2) is 6.20 Å². The Bertz CT molecular complexity index is 332. The van der Waals surface area contributed by atoms with E-state index in [1.807, 2.05) is 0 Å². The first kappa shape index (κ1) is 14.2. The Hall–Kier alpha value is 0.130. The highest BCUT2D eigenvalue weighted by atomic mass is 35.5. The predicted octanol–water partition coefficient (Wildman–Crippen LogP) is 2.40. The second-order valence-electron chi connectivity index (χ2n) is 4.01. The second-order valence-corrected chi connectivity index (χ2v) is 5.76. The van der Waals surface area contributed by atoms with Crippen molar-refractivity contribution >= 4 is 35.3 Å². The van der Waals surface area contributed by atoms with Crippen LogP contribution in [0, 0.1) is 0 Å². The number of hydrogen-bond donors (Lipinski definition) is 1. The van der Waals surface area contributed by atoms with E-state index in [-0.39, 0.29) is 12.4 Å². The Morgan fingerprint density at radius 2 is 2.38 bits per heavy atom. The molecule has 0 bridgehead atoms. The molecule has 92 valence electrons. The van der Waals surface area contributed by atoms with E-state index in [9.17, 15) is 0 Å². The standard InChI is InChI=1S/C10H16ClN3S.ClH/c1-7-8(2)14(4-3-12-7)6-10-13-5-9(11)15-10;/h5,7-8,12H,3-4,6H2,1-2H3;1H. The average molecular weight is 282 g/mol. The topological polar surface area (TPSA) is 28.2 Å². The van der Waals surface area contributed by atoms with Crippen LogP contribution in [0.5, 0.6) is 0 Å². The monoisotopic (exact) mass is 281 g/mol. The molecule has 0 saturated carbocycles. The summed E-state index contributed by atoms with van der Waals surface area (Å²) in [6.07, 6.45) is 1.73. The van der Waals surface area contributed by atoms with Crippen molar-refractivity contribution in [2.45, 2.75) is 32.5 Å². The summed E-state index contributed by atoms with van der Waals surface area (Å²) in [6, 6.07) is 1.11. The minimum absolute atomic E-state index is 0. The molecule has 1 aromatic rings. The number of nitrogens with one attached hydrogen (secondary N) is 1. The molecule has 6 heteroatoms. The molecule has 1 fully saturated rings. The minimum Gasteiger partial charge on any atom is -0.311 e. The number of thiazole rings is 1. The number of aromatic nitrogens is 1. The fraction of sp³-hybridized carbons (Fsp3) is 0.700. The number of hydrogen-bond acceptors (Lipinski definition) is 4. The number of halogens is 2. The molecule has 1 saturated heterocycles. The lowest BCUT2D eigenvalue weighted by Crippen LogP contribution is -2.54. The molecule has 1 aliphatic heterocycles. The lowest BCUT2D eigenvalue weighted by molar-refractivity contribution is 0.130. The van der Waals surface area contributed by atoms with E-state index < -0.39 is 0 Å². The van der Waals surface area contributed by atoms with E-state index in [2.05, 4.69) is 29.0 Å². The zero-order chi connectivity index (χ0) is 10.8. The molecule has 3 nitrogen and oxygen atoms in total. The van der Waals surface area contributed by atoms with Crippen molar-refractivity contribution in [1.29, 1.82) is 0 Å². The van der Waals surface area contributed by atoms with Crippen LogP contribution in [0.1, 0.15) is 18.9 Å². The molecule has 0 amide bonds. The zero-order valence-corrected chi connectivity index (χ0v) is 11.8. The van der Waals surface area contributed by atoms with Gasteiger partial charge >= 0.3 is 0 Å². The third-order valence-electron chi connectivity index (χ3n) is 3.03. The van der Waals surface area contributed by atoms with Crippen LogP contribution < -0.4 is 5.32 Å². The largest absolute Gasteiger partial charge is 0.311 e. The molecule has 0 aliphatic carbocycles. The summed E-state index contributed by atoms with van der Waals surface area (Å²) in [7, 11) is 0. The third kappa shape index (κ3) is 3.31. The normalized spacial score (nSPS) is 26.4. The van der Waals surface area contributed by atoms with Crippen molar-refractivity contribution in [3.8, 4) is 0 Å². The van der Waals surface area contributed by atoms with Gasteiger partial charge in [0.15, 0.2) is 0 Å². The molecule has 2 unspecified atom stereocenters. The van der Waals surface area contributed by atoms with Gasteiger partial charge in [-0.15, -0.1) is 23.7 Å². The van der Waals surface area contributed by atoms with Gasteiger partial charge in [0.2, 0.25) is 0 Å². The Morgan fingerprint density at radius 3 is 3.00 bits per heavy atom. The van der Waals surface area contributed by atoms with Gasteiger partial charge in [0.1, 0.15) is 9.34 Å². The highest BCUT2D eigenvalue weighted by molar-refractivity contribution is 7.15. The highest BCUT2D eigenvalue weighted by Crippen LogP contribution is 2.21. The third-order valence-corrected chi connectivity index (χ3v) is 4.13. The molecule has 1 N–H and O–H groups in total.